The summed E-state index contributed by atoms with van der Waals surface area (Å²) in [5.41, 5.74) is 0.639. The Balaban J connectivity index is 1.60. The molecule has 0 aliphatic carbocycles. The molecule has 0 radical (unpaired) electrons. The fourth-order valence-electron chi connectivity index (χ4n) is 2.76. The van der Waals surface area contributed by atoms with Crippen molar-refractivity contribution < 1.29 is 22.8 Å². The first kappa shape index (κ1) is 18.5. The third-order valence-electron chi connectivity index (χ3n) is 4.13. The van der Waals surface area contributed by atoms with Gasteiger partial charge in [-0.25, -0.2) is 4.98 Å². The molecule has 4 rings (SSSR count). The Morgan fingerprint density at radius 1 is 1.28 bits per heavy atom. The lowest BCUT2D eigenvalue weighted by atomic mass is 10.2. The van der Waals surface area contributed by atoms with Gasteiger partial charge in [-0.1, -0.05) is 5.16 Å². The van der Waals surface area contributed by atoms with Gasteiger partial charge >= 0.3 is 6.61 Å². The van der Waals surface area contributed by atoms with Gasteiger partial charge in [0.05, 0.1) is 13.3 Å². The zero-order valence-electron chi connectivity index (χ0n) is 15.2. The minimum atomic E-state index is -2.98. The van der Waals surface area contributed by atoms with Crippen LogP contribution in [0.3, 0.4) is 0 Å². The topological polar surface area (TPSA) is 110 Å². The lowest BCUT2D eigenvalue weighted by Crippen LogP contribution is -2.21. The van der Waals surface area contributed by atoms with Crippen molar-refractivity contribution in [2.45, 2.75) is 13.2 Å². The van der Waals surface area contributed by atoms with Crippen molar-refractivity contribution >= 4 is 11.0 Å². The second-order valence-corrected chi connectivity index (χ2v) is 5.94. The number of aryl methyl sites for hydroxylation is 1. The van der Waals surface area contributed by atoms with Crippen LogP contribution in [0.5, 0.6) is 11.5 Å². The molecule has 29 heavy (non-hydrogen) atoms. The molecule has 0 saturated carbocycles. The molecular formula is C17H14F2N6O4. The van der Waals surface area contributed by atoms with Gasteiger partial charge in [-0.2, -0.15) is 18.9 Å². The maximum absolute atomic E-state index is 12.5. The van der Waals surface area contributed by atoms with Crippen LogP contribution < -0.4 is 15.0 Å². The van der Waals surface area contributed by atoms with Crippen LogP contribution in [0.1, 0.15) is 5.89 Å². The van der Waals surface area contributed by atoms with E-state index in [1.165, 1.54) is 47.1 Å². The maximum Gasteiger partial charge on any atom is 0.387 e. The summed E-state index contributed by atoms with van der Waals surface area (Å²) >= 11 is 0. The molecule has 0 amide bonds. The van der Waals surface area contributed by atoms with Crippen molar-refractivity contribution in [1.29, 1.82) is 0 Å². The Kier molecular flexibility index (Phi) is 4.66. The summed E-state index contributed by atoms with van der Waals surface area (Å²) in [7, 11) is 3.02. The highest BCUT2D eigenvalue weighted by atomic mass is 19.3. The van der Waals surface area contributed by atoms with E-state index in [9.17, 15) is 13.6 Å². The minimum Gasteiger partial charge on any atom is -0.493 e. The molecule has 0 spiro atoms. The lowest BCUT2D eigenvalue weighted by molar-refractivity contribution is -0.0512. The average molecular weight is 404 g/mol. The summed E-state index contributed by atoms with van der Waals surface area (Å²) < 4.78 is 42.4. The molecule has 4 aromatic rings. The lowest BCUT2D eigenvalue weighted by Gasteiger charge is -2.10. The zero-order valence-corrected chi connectivity index (χ0v) is 15.2. The van der Waals surface area contributed by atoms with Gasteiger partial charge in [0.15, 0.2) is 17.1 Å². The normalized spacial score (nSPS) is 11.3. The Labute approximate surface area is 161 Å². The first-order valence-electron chi connectivity index (χ1n) is 8.29. The molecule has 0 fully saturated rings. The molecule has 0 bridgehead atoms. The fraction of sp³-hybridized carbons (Fsp3) is 0.235. The SMILES string of the molecule is COc1cc(-c2noc(Cn3cnc4c(cnn4C)c3=O)n2)ccc1OC(F)F. The molecule has 0 atom stereocenters. The van der Waals surface area contributed by atoms with Crippen LogP contribution in [0.2, 0.25) is 0 Å². The standard InChI is InChI=1S/C17H14F2N6O4/c1-24-15-10(6-21-24)16(26)25(8-20-15)7-13-22-14(23-29-13)9-3-4-11(28-17(18)19)12(5-9)27-2/h3-6,8,17H,7H2,1-2H3. The van der Waals surface area contributed by atoms with Gasteiger partial charge in [0.2, 0.25) is 11.7 Å². The van der Waals surface area contributed by atoms with E-state index in [1.54, 1.807) is 7.05 Å². The first-order chi connectivity index (χ1) is 14.0. The number of hydrogen-bond donors (Lipinski definition) is 0. The van der Waals surface area contributed by atoms with Crippen molar-refractivity contribution in [2.75, 3.05) is 7.11 Å². The summed E-state index contributed by atoms with van der Waals surface area (Å²) in [6, 6.07) is 4.26. The summed E-state index contributed by atoms with van der Waals surface area (Å²) in [5.74, 6) is 0.346. The third-order valence-corrected chi connectivity index (χ3v) is 4.13. The predicted octanol–water partition coefficient (Wildman–Crippen LogP) is 1.84. The van der Waals surface area contributed by atoms with Gasteiger partial charge in [-0.15, -0.1) is 0 Å². The molecule has 0 saturated heterocycles. The molecule has 10 nitrogen and oxygen atoms in total. The molecule has 1 aromatic carbocycles. The number of aromatic nitrogens is 6. The summed E-state index contributed by atoms with van der Waals surface area (Å²) in [5, 5.41) is 8.24. The van der Waals surface area contributed by atoms with E-state index in [1.807, 2.05) is 0 Å². The molecular weight excluding hydrogens is 390 g/mol. The first-order valence-corrected chi connectivity index (χ1v) is 8.29. The van der Waals surface area contributed by atoms with Gasteiger partial charge in [0, 0.05) is 12.6 Å². The fourth-order valence-corrected chi connectivity index (χ4v) is 2.76. The molecule has 150 valence electrons. The van der Waals surface area contributed by atoms with Crippen molar-refractivity contribution in [2.24, 2.45) is 7.05 Å². The highest BCUT2D eigenvalue weighted by Gasteiger charge is 2.16. The second kappa shape index (κ2) is 7.30. The molecule has 0 aliphatic rings. The van der Waals surface area contributed by atoms with E-state index in [4.69, 9.17) is 9.26 Å². The monoisotopic (exact) mass is 404 g/mol. The third kappa shape index (κ3) is 3.51. The Bertz CT molecular complexity index is 1230. The van der Waals surface area contributed by atoms with E-state index in [2.05, 4.69) is 25.0 Å². The van der Waals surface area contributed by atoms with Gasteiger partial charge in [0.1, 0.15) is 18.3 Å². The van der Waals surface area contributed by atoms with E-state index < -0.39 is 6.61 Å². The Morgan fingerprint density at radius 2 is 2.10 bits per heavy atom. The molecule has 0 aliphatic heterocycles. The summed E-state index contributed by atoms with van der Waals surface area (Å²) in [4.78, 5) is 21.0. The molecule has 0 unspecified atom stereocenters. The second-order valence-electron chi connectivity index (χ2n) is 5.94. The molecule has 0 N–H and O–H groups in total. The van der Waals surface area contributed by atoms with Crippen molar-refractivity contribution in [3.05, 3.63) is 47.0 Å². The van der Waals surface area contributed by atoms with Crippen LogP contribution in [0.25, 0.3) is 22.4 Å². The van der Waals surface area contributed by atoms with E-state index in [0.29, 0.717) is 16.6 Å². The van der Waals surface area contributed by atoms with Crippen molar-refractivity contribution in [1.82, 2.24) is 29.5 Å². The van der Waals surface area contributed by atoms with Crippen LogP contribution in [0, 0.1) is 0 Å². The maximum atomic E-state index is 12.5. The number of fused-ring (bicyclic) bond motifs is 1. The van der Waals surface area contributed by atoms with Crippen molar-refractivity contribution in [3.8, 4) is 22.9 Å². The number of methoxy groups -OCH3 is 1. The smallest absolute Gasteiger partial charge is 0.387 e. The quantitative estimate of drug-likeness (QED) is 0.479. The van der Waals surface area contributed by atoms with Crippen LogP contribution in [0.4, 0.5) is 8.78 Å². The number of rotatable bonds is 6. The number of ether oxygens (including phenoxy) is 2. The number of benzene rings is 1. The Hall–Kier alpha value is -3.83. The van der Waals surface area contributed by atoms with Crippen LogP contribution >= 0.6 is 0 Å². The number of hydrogen-bond acceptors (Lipinski definition) is 8. The van der Waals surface area contributed by atoms with E-state index in [-0.39, 0.29) is 35.3 Å². The van der Waals surface area contributed by atoms with E-state index >= 15 is 0 Å². The highest BCUT2D eigenvalue weighted by molar-refractivity contribution is 5.72. The number of alkyl halides is 2. The van der Waals surface area contributed by atoms with Gasteiger partial charge in [0.25, 0.3) is 5.56 Å². The van der Waals surface area contributed by atoms with E-state index in [0.717, 1.165) is 0 Å². The molecule has 12 heteroatoms. The van der Waals surface area contributed by atoms with Crippen LogP contribution in [-0.4, -0.2) is 43.2 Å². The van der Waals surface area contributed by atoms with Crippen LogP contribution in [0.15, 0.2) is 40.0 Å². The minimum absolute atomic E-state index is 0.00732. The van der Waals surface area contributed by atoms with Crippen molar-refractivity contribution in [3.63, 3.8) is 0 Å². The summed E-state index contributed by atoms with van der Waals surface area (Å²) in [6.07, 6.45) is 2.81. The largest absolute Gasteiger partial charge is 0.493 e. The zero-order chi connectivity index (χ0) is 20.5. The average Bonchev–Trinajstić information content (AvgIpc) is 3.31. The van der Waals surface area contributed by atoms with Gasteiger partial charge in [-0.3, -0.25) is 14.0 Å². The van der Waals surface area contributed by atoms with Gasteiger partial charge in [-0.05, 0) is 18.2 Å². The summed E-state index contributed by atoms with van der Waals surface area (Å²) in [6.45, 7) is -2.97. The highest BCUT2D eigenvalue weighted by Crippen LogP contribution is 2.32. The van der Waals surface area contributed by atoms with Gasteiger partial charge < -0.3 is 14.0 Å². The number of nitrogens with zero attached hydrogens (tertiary/aromatic N) is 6. The molecule has 3 heterocycles. The predicted molar refractivity (Wildman–Crippen MR) is 94.8 cm³/mol. The number of halogens is 2. The Morgan fingerprint density at radius 3 is 2.86 bits per heavy atom. The molecule has 3 aromatic heterocycles. The van der Waals surface area contributed by atoms with Crippen LogP contribution in [-0.2, 0) is 13.6 Å².